The van der Waals surface area contributed by atoms with Crippen LogP contribution in [0.4, 0.5) is 0 Å². The quantitative estimate of drug-likeness (QED) is 0.750. The third-order valence-corrected chi connectivity index (χ3v) is 3.63. The summed E-state index contributed by atoms with van der Waals surface area (Å²) < 4.78 is 11.2. The molecule has 1 aromatic rings. The van der Waals surface area contributed by atoms with E-state index in [4.69, 9.17) is 9.47 Å². The number of ether oxygens (including phenoxy) is 2. The van der Waals surface area contributed by atoms with E-state index in [1.807, 2.05) is 31.2 Å². The van der Waals surface area contributed by atoms with E-state index in [0.29, 0.717) is 13.0 Å². The molecular formula is C15H16O3. The van der Waals surface area contributed by atoms with E-state index >= 15 is 0 Å². The van der Waals surface area contributed by atoms with E-state index in [2.05, 4.69) is 6.08 Å². The summed E-state index contributed by atoms with van der Waals surface area (Å²) in [6.45, 7) is 2.21. The van der Waals surface area contributed by atoms with Crippen molar-refractivity contribution in [3.8, 4) is 5.75 Å². The van der Waals surface area contributed by atoms with Gasteiger partial charge in [-0.1, -0.05) is 18.2 Å². The molecule has 3 rings (SSSR count). The molecule has 0 radical (unpaired) electrons. The second-order valence-electron chi connectivity index (χ2n) is 4.71. The van der Waals surface area contributed by atoms with Crippen molar-refractivity contribution in [1.29, 1.82) is 0 Å². The summed E-state index contributed by atoms with van der Waals surface area (Å²) in [5.74, 6) is 0.527. The van der Waals surface area contributed by atoms with Gasteiger partial charge in [-0.2, -0.15) is 0 Å². The summed E-state index contributed by atoms with van der Waals surface area (Å²) in [6.07, 6.45) is 4.68. The first-order valence-electron chi connectivity index (χ1n) is 6.42. The van der Waals surface area contributed by atoms with Crippen LogP contribution in [0.25, 0.3) is 6.08 Å². The zero-order valence-electron chi connectivity index (χ0n) is 10.4. The Morgan fingerprint density at radius 2 is 2.28 bits per heavy atom. The van der Waals surface area contributed by atoms with Crippen molar-refractivity contribution in [2.24, 2.45) is 0 Å². The fourth-order valence-electron chi connectivity index (χ4n) is 2.79. The fourth-order valence-corrected chi connectivity index (χ4v) is 2.79. The van der Waals surface area contributed by atoms with Crippen molar-refractivity contribution in [3.63, 3.8) is 0 Å². The zero-order chi connectivity index (χ0) is 12.6. The van der Waals surface area contributed by atoms with E-state index in [1.54, 1.807) is 0 Å². The first-order valence-corrected chi connectivity index (χ1v) is 6.42. The van der Waals surface area contributed by atoms with Crippen LogP contribution in [0.2, 0.25) is 0 Å². The van der Waals surface area contributed by atoms with Crippen molar-refractivity contribution < 1.29 is 14.3 Å². The smallest absolute Gasteiger partial charge is 0.354 e. The fraction of sp³-hybridized carbons (Fsp3) is 0.400. The summed E-state index contributed by atoms with van der Waals surface area (Å²) in [5.41, 5.74) is 1.25. The highest BCUT2D eigenvalue weighted by Gasteiger charge is 2.50. The predicted molar refractivity (Wildman–Crippen MR) is 68.3 cm³/mol. The minimum absolute atomic E-state index is 0.247. The van der Waals surface area contributed by atoms with Gasteiger partial charge in [0.2, 0.25) is 5.60 Å². The number of esters is 1. The maximum absolute atomic E-state index is 12.2. The number of rotatable bonds is 2. The molecule has 1 aliphatic carbocycles. The lowest BCUT2D eigenvalue weighted by atomic mass is 9.91. The first kappa shape index (κ1) is 11.3. The van der Waals surface area contributed by atoms with E-state index < -0.39 is 5.60 Å². The molecule has 1 heterocycles. The number of fused-ring (bicyclic) bond motifs is 2. The third-order valence-electron chi connectivity index (χ3n) is 3.63. The molecule has 0 aromatic heterocycles. The Labute approximate surface area is 106 Å². The molecule has 0 amide bonds. The van der Waals surface area contributed by atoms with Gasteiger partial charge in [0.25, 0.3) is 0 Å². The van der Waals surface area contributed by atoms with Crippen molar-refractivity contribution in [1.82, 2.24) is 0 Å². The minimum Gasteiger partial charge on any atom is -0.470 e. The number of benzene rings is 1. The van der Waals surface area contributed by atoms with Crippen LogP contribution in [-0.4, -0.2) is 18.2 Å². The van der Waals surface area contributed by atoms with Crippen molar-refractivity contribution in [2.45, 2.75) is 31.8 Å². The van der Waals surface area contributed by atoms with Gasteiger partial charge in [0.15, 0.2) is 0 Å². The SMILES string of the molecule is CCOC(=O)C12CCCC1=Cc1ccccc1O2. The Morgan fingerprint density at radius 1 is 1.44 bits per heavy atom. The molecular weight excluding hydrogens is 228 g/mol. The first-order chi connectivity index (χ1) is 8.76. The van der Waals surface area contributed by atoms with Crippen LogP contribution in [0.3, 0.4) is 0 Å². The second-order valence-corrected chi connectivity index (χ2v) is 4.71. The largest absolute Gasteiger partial charge is 0.470 e. The molecule has 1 unspecified atom stereocenters. The molecule has 3 heteroatoms. The molecule has 1 atom stereocenters. The van der Waals surface area contributed by atoms with Crippen LogP contribution in [0.1, 0.15) is 31.7 Å². The van der Waals surface area contributed by atoms with Gasteiger partial charge in [-0.3, -0.25) is 0 Å². The van der Waals surface area contributed by atoms with Gasteiger partial charge in [-0.05, 0) is 37.5 Å². The molecule has 1 aliphatic heterocycles. The summed E-state index contributed by atoms with van der Waals surface area (Å²) in [5, 5.41) is 0. The summed E-state index contributed by atoms with van der Waals surface area (Å²) in [6, 6.07) is 7.81. The van der Waals surface area contributed by atoms with Gasteiger partial charge in [-0.25, -0.2) is 4.79 Å². The number of hydrogen-bond acceptors (Lipinski definition) is 3. The molecule has 1 saturated carbocycles. The van der Waals surface area contributed by atoms with E-state index in [1.165, 1.54) is 0 Å². The normalized spacial score (nSPS) is 24.6. The summed E-state index contributed by atoms with van der Waals surface area (Å²) >= 11 is 0. The molecule has 1 fully saturated rings. The van der Waals surface area contributed by atoms with Crippen LogP contribution < -0.4 is 4.74 Å². The topological polar surface area (TPSA) is 35.5 Å². The van der Waals surface area contributed by atoms with Crippen molar-refractivity contribution in [3.05, 3.63) is 35.4 Å². The van der Waals surface area contributed by atoms with Crippen LogP contribution in [0.5, 0.6) is 5.75 Å². The lowest BCUT2D eigenvalue weighted by molar-refractivity contribution is -0.158. The van der Waals surface area contributed by atoms with Gasteiger partial charge < -0.3 is 9.47 Å². The molecule has 18 heavy (non-hydrogen) atoms. The Bertz CT molecular complexity index is 518. The van der Waals surface area contributed by atoms with Crippen LogP contribution in [-0.2, 0) is 9.53 Å². The highest BCUT2D eigenvalue weighted by molar-refractivity contribution is 5.88. The average Bonchev–Trinajstić information content (AvgIpc) is 2.80. The Kier molecular flexibility index (Phi) is 2.62. The molecule has 0 N–H and O–H groups in total. The van der Waals surface area contributed by atoms with Crippen molar-refractivity contribution in [2.75, 3.05) is 6.61 Å². The lowest BCUT2D eigenvalue weighted by Gasteiger charge is -2.33. The molecule has 0 bridgehead atoms. The molecule has 0 saturated heterocycles. The Hall–Kier alpha value is -1.77. The van der Waals surface area contributed by atoms with Crippen LogP contribution in [0.15, 0.2) is 29.8 Å². The van der Waals surface area contributed by atoms with Crippen LogP contribution in [0, 0.1) is 0 Å². The molecule has 0 spiro atoms. The van der Waals surface area contributed by atoms with E-state index in [-0.39, 0.29) is 5.97 Å². The standard InChI is InChI=1S/C15H16O3/c1-2-17-14(16)15-9-5-7-12(15)10-11-6-3-4-8-13(11)18-15/h3-4,6,8,10H,2,5,7,9H2,1H3. The number of hydrogen-bond donors (Lipinski definition) is 0. The zero-order valence-corrected chi connectivity index (χ0v) is 10.4. The highest BCUT2D eigenvalue weighted by Crippen LogP contribution is 2.45. The number of carbonyl (C=O) groups excluding carboxylic acids is 1. The monoisotopic (exact) mass is 244 g/mol. The average molecular weight is 244 g/mol. The summed E-state index contributed by atoms with van der Waals surface area (Å²) in [4.78, 5) is 12.2. The second kappa shape index (κ2) is 4.16. The maximum Gasteiger partial charge on any atom is 0.354 e. The Balaban J connectivity index is 2.04. The van der Waals surface area contributed by atoms with E-state index in [0.717, 1.165) is 29.7 Å². The highest BCUT2D eigenvalue weighted by atomic mass is 16.6. The van der Waals surface area contributed by atoms with Crippen LogP contribution >= 0.6 is 0 Å². The van der Waals surface area contributed by atoms with Gasteiger partial charge >= 0.3 is 5.97 Å². The van der Waals surface area contributed by atoms with Crippen molar-refractivity contribution >= 4 is 12.0 Å². The van der Waals surface area contributed by atoms with Gasteiger partial charge in [0.05, 0.1) is 6.61 Å². The maximum atomic E-state index is 12.2. The molecule has 94 valence electrons. The third kappa shape index (κ3) is 1.54. The lowest BCUT2D eigenvalue weighted by Crippen LogP contribution is -2.46. The molecule has 1 aromatic carbocycles. The van der Waals surface area contributed by atoms with Gasteiger partial charge in [0, 0.05) is 12.0 Å². The van der Waals surface area contributed by atoms with Gasteiger partial charge in [-0.15, -0.1) is 0 Å². The molecule has 3 nitrogen and oxygen atoms in total. The predicted octanol–water partition coefficient (Wildman–Crippen LogP) is 2.95. The summed E-state index contributed by atoms with van der Waals surface area (Å²) in [7, 11) is 0. The Morgan fingerprint density at radius 3 is 3.11 bits per heavy atom. The van der Waals surface area contributed by atoms with E-state index in [9.17, 15) is 4.79 Å². The minimum atomic E-state index is -0.857. The molecule has 2 aliphatic rings. The van der Waals surface area contributed by atoms with Gasteiger partial charge in [0.1, 0.15) is 5.75 Å². The number of para-hydroxylation sites is 1. The number of carbonyl (C=O) groups is 1.